The highest BCUT2D eigenvalue weighted by molar-refractivity contribution is 4.63. The van der Waals surface area contributed by atoms with E-state index in [0.717, 1.165) is 25.7 Å². The molecule has 0 fully saturated rings. The van der Waals surface area contributed by atoms with Crippen LogP contribution in [0.3, 0.4) is 0 Å². The van der Waals surface area contributed by atoms with E-state index in [2.05, 4.69) is 33.0 Å². The molecule has 0 radical (unpaired) electrons. The topological polar surface area (TPSA) is 21.3 Å². The molecular formula is C12H27NO. The van der Waals surface area contributed by atoms with Crippen molar-refractivity contribution in [3.8, 4) is 0 Å². The fourth-order valence-corrected chi connectivity index (χ4v) is 1.47. The van der Waals surface area contributed by atoms with E-state index in [-0.39, 0.29) is 0 Å². The van der Waals surface area contributed by atoms with Gasteiger partial charge in [-0.2, -0.15) is 0 Å². The van der Waals surface area contributed by atoms with Gasteiger partial charge in [0, 0.05) is 19.3 Å². The zero-order valence-electron chi connectivity index (χ0n) is 10.3. The summed E-state index contributed by atoms with van der Waals surface area (Å²) in [5, 5.41) is 3.50. The first-order chi connectivity index (χ1) is 6.70. The molecule has 0 aromatic carbocycles. The van der Waals surface area contributed by atoms with E-state index >= 15 is 0 Å². The van der Waals surface area contributed by atoms with Crippen molar-refractivity contribution in [1.82, 2.24) is 5.32 Å². The summed E-state index contributed by atoms with van der Waals surface area (Å²) in [6.07, 6.45) is 3.76. The maximum absolute atomic E-state index is 5.33. The molecule has 0 amide bonds. The summed E-state index contributed by atoms with van der Waals surface area (Å²) in [7, 11) is 0. The Morgan fingerprint density at radius 2 is 1.93 bits per heavy atom. The molecule has 0 saturated carbocycles. The Bertz CT molecular complexity index is 115. The van der Waals surface area contributed by atoms with Crippen LogP contribution in [0.15, 0.2) is 0 Å². The largest absolute Gasteiger partial charge is 0.382 e. The molecule has 0 heterocycles. The van der Waals surface area contributed by atoms with Gasteiger partial charge in [0.15, 0.2) is 0 Å². The van der Waals surface area contributed by atoms with Gasteiger partial charge >= 0.3 is 0 Å². The second kappa shape index (κ2) is 9.47. The van der Waals surface area contributed by atoms with Gasteiger partial charge in [-0.05, 0) is 32.2 Å². The maximum Gasteiger partial charge on any atom is 0.0466 e. The summed E-state index contributed by atoms with van der Waals surface area (Å²) in [5.41, 5.74) is 0. The molecule has 0 aromatic heterocycles. The Balaban J connectivity index is 3.38. The van der Waals surface area contributed by atoms with Gasteiger partial charge in [0.25, 0.3) is 0 Å². The second-order valence-electron chi connectivity index (χ2n) is 4.18. The standard InChI is InChI=1S/C12H27NO/c1-5-12(10-13-11(3)4)8-7-9-14-6-2/h11-13H,5-10H2,1-4H3. The predicted octanol–water partition coefficient (Wildman–Crippen LogP) is 2.83. The number of nitrogens with one attached hydrogen (secondary N) is 1. The van der Waals surface area contributed by atoms with Gasteiger partial charge in [-0.15, -0.1) is 0 Å². The molecule has 2 nitrogen and oxygen atoms in total. The molecule has 1 unspecified atom stereocenters. The Kier molecular flexibility index (Phi) is 9.42. The van der Waals surface area contributed by atoms with Crippen molar-refractivity contribution < 1.29 is 4.74 Å². The number of rotatable bonds is 9. The highest BCUT2D eigenvalue weighted by Gasteiger charge is 2.06. The molecule has 1 atom stereocenters. The third-order valence-electron chi connectivity index (χ3n) is 2.50. The molecule has 0 aliphatic heterocycles. The predicted molar refractivity (Wildman–Crippen MR) is 62.6 cm³/mol. The summed E-state index contributed by atoms with van der Waals surface area (Å²) in [6, 6.07) is 0.607. The van der Waals surface area contributed by atoms with Gasteiger partial charge in [0.1, 0.15) is 0 Å². The lowest BCUT2D eigenvalue weighted by Crippen LogP contribution is -2.28. The van der Waals surface area contributed by atoms with Crippen LogP contribution in [-0.4, -0.2) is 25.8 Å². The minimum Gasteiger partial charge on any atom is -0.382 e. The van der Waals surface area contributed by atoms with Crippen LogP contribution in [-0.2, 0) is 4.74 Å². The van der Waals surface area contributed by atoms with Crippen molar-refractivity contribution in [2.75, 3.05) is 19.8 Å². The van der Waals surface area contributed by atoms with Crippen molar-refractivity contribution in [2.24, 2.45) is 5.92 Å². The van der Waals surface area contributed by atoms with Crippen LogP contribution in [0.25, 0.3) is 0 Å². The van der Waals surface area contributed by atoms with E-state index in [1.165, 1.54) is 19.3 Å². The van der Waals surface area contributed by atoms with Gasteiger partial charge < -0.3 is 10.1 Å². The molecule has 0 aliphatic carbocycles. The lowest BCUT2D eigenvalue weighted by atomic mass is 10.0. The number of ether oxygens (including phenoxy) is 1. The molecule has 0 aliphatic rings. The van der Waals surface area contributed by atoms with Gasteiger partial charge in [0.05, 0.1) is 0 Å². The summed E-state index contributed by atoms with van der Waals surface area (Å²) < 4.78 is 5.33. The van der Waals surface area contributed by atoms with E-state index in [9.17, 15) is 0 Å². The van der Waals surface area contributed by atoms with Crippen molar-refractivity contribution in [1.29, 1.82) is 0 Å². The van der Waals surface area contributed by atoms with E-state index in [0.29, 0.717) is 6.04 Å². The molecule has 1 N–H and O–H groups in total. The smallest absolute Gasteiger partial charge is 0.0466 e. The first-order valence-electron chi connectivity index (χ1n) is 6.01. The average molecular weight is 201 g/mol. The average Bonchev–Trinajstić information content (AvgIpc) is 2.16. The van der Waals surface area contributed by atoms with Crippen molar-refractivity contribution in [2.45, 2.75) is 53.0 Å². The van der Waals surface area contributed by atoms with Crippen molar-refractivity contribution >= 4 is 0 Å². The normalized spacial score (nSPS) is 13.5. The van der Waals surface area contributed by atoms with Gasteiger partial charge in [-0.25, -0.2) is 0 Å². The minimum atomic E-state index is 0.607. The van der Waals surface area contributed by atoms with Crippen LogP contribution >= 0.6 is 0 Å². The number of hydrogen-bond donors (Lipinski definition) is 1. The molecule has 2 heteroatoms. The Labute approximate surface area is 89.4 Å². The zero-order valence-corrected chi connectivity index (χ0v) is 10.3. The quantitative estimate of drug-likeness (QED) is 0.579. The van der Waals surface area contributed by atoms with Gasteiger partial charge in [-0.1, -0.05) is 27.2 Å². The molecule has 14 heavy (non-hydrogen) atoms. The third-order valence-corrected chi connectivity index (χ3v) is 2.50. The second-order valence-corrected chi connectivity index (χ2v) is 4.18. The Hall–Kier alpha value is -0.0800. The van der Waals surface area contributed by atoms with E-state index in [1.807, 2.05) is 0 Å². The Morgan fingerprint density at radius 1 is 1.21 bits per heavy atom. The van der Waals surface area contributed by atoms with E-state index < -0.39 is 0 Å². The van der Waals surface area contributed by atoms with Gasteiger partial charge in [-0.3, -0.25) is 0 Å². The lowest BCUT2D eigenvalue weighted by molar-refractivity contribution is 0.139. The van der Waals surface area contributed by atoms with E-state index in [1.54, 1.807) is 0 Å². The van der Waals surface area contributed by atoms with Crippen molar-refractivity contribution in [3.05, 3.63) is 0 Å². The molecular weight excluding hydrogens is 174 g/mol. The van der Waals surface area contributed by atoms with Crippen LogP contribution < -0.4 is 5.32 Å². The van der Waals surface area contributed by atoms with Crippen LogP contribution in [0.5, 0.6) is 0 Å². The fourth-order valence-electron chi connectivity index (χ4n) is 1.47. The Morgan fingerprint density at radius 3 is 2.43 bits per heavy atom. The van der Waals surface area contributed by atoms with Crippen LogP contribution in [0, 0.1) is 5.92 Å². The molecule has 0 spiro atoms. The highest BCUT2D eigenvalue weighted by Crippen LogP contribution is 2.10. The lowest BCUT2D eigenvalue weighted by Gasteiger charge is -2.17. The fraction of sp³-hybridized carbons (Fsp3) is 1.00. The SMILES string of the molecule is CCOCCCC(CC)CNC(C)C. The first kappa shape index (κ1) is 13.9. The van der Waals surface area contributed by atoms with Crippen LogP contribution in [0.4, 0.5) is 0 Å². The summed E-state index contributed by atoms with van der Waals surface area (Å²) in [5.74, 6) is 0.817. The van der Waals surface area contributed by atoms with Crippen LogP contribution in [0.2, 0.25) is 0 Å². The number of hydrogen-bond acceptors (Lipinski definition) is 2. The minimum absolute atomic E-state index is 0.607. The summed E-state index contributed by atoms with van der Waals surface area (Å²) >= 11 is 0. The summed E-state index contributed by atoms with van der Waals surface area (Å²) in [4.78, 5) is 0. The van der Waals surface area contributed by atoms with Gasteiger partial charge in [0.2, 0.25) is 0 Å². The molecule has 0 aromatic rings. The monoisotopic (exact) mass is 201 g/mol. The molecule has 86 valence electrons. The summed E-state index contributed by atoms with van der Waals surface area (Å²) in [6.45, 7) is 11.7. The highest BCUT2D eigenvalue weighted by atomic mass is 16.5. The molecule has 0 rings (SSSR count). The third kappa shape index (κ3) is 8.52. The first-order valence-corrected chi connectivity index (χ1v) is 6.01. The molecule has 0 bridgehead atoms. The maximum atomic E-state index is 5.33. The molecule has 0 saturated heterocycles. The van der Waals surface area contributed by atoms with E-state index in [4.69, 9.17) is 4.74 Å². The zero-order chi connectivity index (χ0) is 10.8. The van der Waals surface area contributed by atoms with Crippen molar-refractivity contribution in [3.63, 3.8) is 0 Å². The van der Waals surface area contributed by atoms with Crippen LogP contribution in [0.1, 0.15) is 47.0 Å².